The smallest absolute Gasteiger partial charge is 0.224 e. The maximum atomic E-state index is 14.0. The van der Waals surface area contributed by atoms with Crippen LogP contribution in [0.2, 0.25) is 0 Å². The normalized spacial score (nSPS) is 14.8. The van der Waals surface area contributed by atoms with Crippen molar-refractivity contribution in [2.24, 2.45) is 5.73 Å². The van der Waals surface area contributed by atoms with E-state index in [0.717, 1.165) is 31.6 Å². The SMILES string of the molecule is CC(N)CCC(=O)Nc1c(F)cccc1N1CCCC1.Cl.Cl. The molecule has 1 aromatic rings. The highest BCUT2D eigenvalue weighted by Crippen LogP contribution is 2.31. The standard InChI is InChI=1S/C15H22FN3O.2ClH/c1-11(17)7-8-14(20)18-15-12(16)5-4-6-13(15)19-9-2-3-10-19;;/h4-6,11H,2-3,7-10,17H2,1H3,(H,18,20);2*1H. The van der Waals surface area contributed by atoms with E-state index in [0.29, 0.717) is 18.5 Å². The molecule has 1 heterocycles. The number of halogens is 3. The van der Waals surface area contributed by atoms with Crippen molar-refractivity contribution in [2.75, 3.05) is 23.3 Å². The Kier molecular flexibility index (Phi) is 9.41. The van der Waals surface area contributed by atoms with E-state index in [2.05, 4.69) is 10.2 Å². The van der Waals surface area contributed by atoms with Crippen molar-refractivity contribution < 1.29 is 9.18 Å². The van der Waals surface area contributed by atoms with Gasteiger partial charge in [0, 0.05) is 25.6 Å². The quantitative estimate of drug-likeness (QED) is 0.855. The van der Waals surface area contributed by atoms with Gasteiger partial charge in [-0.15, -0.1) is 24.8 Å². The number of nitrogens with zero attached hydrogens (tertiary/aromatic N) is 1. The molecular weight excluding hydrogens is 328 g/mol. The fourth-order valence-electron chi connectivity index (χ4n) is 2.42. The lowest BCUT2D eigenvalue weighted by atomic mass is 10.1. The number of anilines is 2. The molecular formula is C15H24Cl2FN3O. The molecule has 7 heteroatoms. The molecule has 0 spiro atoms. The fourth-order valence-corrected chi connectivity index (χ4v) is 2.42. The average molecular weight is 352 g/mol. The Morgan fingerprint density at radius 3 is 2.59 bits per heavy atom. The minimum atomic E-state index is -0.386. The Morgan fingerprint density at radius 2 is 2.00 bits per heavy atom. The molecule has 0 aliphatic carbocycles. The summed E-state index contributed by atoms with van der Waals surface area (Å²) in [6, 6.07) is 4.89. The van der Waals surface area contributed by atoms with Gasteiger partial charge in [-0.05, 0) is 38.3 Å². The molecule has 1 unspecified atom stereocenters. The first-order chi connectivity index (χ1) is 9.58. The van der Waals surface area contributed by atoms with Crippen LogP contribution in [0.5, 0.6) is 0 Å². The van der Waals surface area contributed by atoms with Crippen LogP contribution in [-0.4, -0.2) is 25.0 Å². The number of nitrogens with one attached hydrogen (secondary N) is 1. The van der Waals surface area contributed by atoms with Crippen molar-refractivity contribution in [3.05, 3.63) is 24.0 Å². The van der Waals surface area contributed by atoms with Gasteiger partial charge in [0.25, 0.3) is 0 Å². The summed E-state index contributed by atoms with van der Waals surface area (Å²) in [5.41, 5.74) is 6.70. The van der Waals surface area contributed by atoms with Crippen molar-refractivity contribution in [3.63, 3.8) is 0 Å². The molecule has 0 saturated carbocycles. The van der Waals surface area contributed by atoms with Gasteiger partial charge in [0.05, 0.1) is 5.69 Å². The molecule has 3 N–H and O–H groups in total. The zero-order valence-electron chi connectivity index (χ0n) is 12.7. The molecule has 2 rings (SSSR count). The Balaban J connectivity index is 0.00000220. The molecule has 0 bridgehead atoms. The maximum absolute atomic E-state index is 14.0. The van der Waals surface area contributed by atoms with Gasteiger partial charge in [-0.1, -0.05) is 6.07 Å². The number of para-hydroxylation sites is 1. The summed E-state index contributed by atoms with van der Waals surface area (Å²) in [6.45, 7) is 3.67. The topological polar surface area (TPSA) is 58.4 Å². The molecule has 1 amide bonds. The maximum Gasteiger partial charge on any atom is 0.224 e. The molecule has 4 nitrogen and oxygen atoms in total. The van der Waals surface area contributed by atoms with Gasteiger partial charge < -0.3 is 16.0 Å². The zero-order chi connectivity index (χ0) is 14.5. The highest BCUT2D eigenvalue weighted by Gasteiger charge is 2.19. The van der Waals surface area contributed by atoms with Crippen LogP contribution in [0.4, 0.5) is 15.8 Å². The second kappa shape index (κ2) is 9.87. The lowest BCUT2D eigenvalue weighted by molar-refractivity contribution is -0.116. The number of benzene rings is 1. The third-order valence-electron chi connectivity index (χ3n) is 3.53. The summed E-state index contributed by atoms with van der Waals surface area (Å²) in [5, 5.41) is 2.70. The van der Waals surface area contributed by atoms with Crippen LogP contribution in [0.15, 0.2) is 18.2 Å². The molecule has 1 aliphatic heterocycles. The summed E-state index contributed by atoms with van der Waals surface area (Å²) in [4.78, 5) is 14.0. The van der Waals surface area contributed by atoms with E-state index in [-0.39, 0.29) is 42.6 Å². The van der Waals surface area contributed by atoms with Gasteiger partial charge in [0.15, 0.2) is 0 Å². The average Bonchev–Trinajstić information content (AvgIpc) is 2.92. The largest absolute Gasteiger partial charge is 0.370 e. The molecule has 1 aromatic carbocycles. The van der Waals surface area contributed by atoms with Gasteiger partial charge in [-0.2, -0.15) is 0 Å². The fraction of sp³-hybridized carbons (Fsp3) is 0.533. The summed E-state index contributed by atoms with van der Waals surface area (Å²) >= 11 is 0. The van der Waals surface area contributed by atoms with Gasteiger partial charge in [-0.3, -0.25) is 4.79 Å². The number of rotatable bonds is 5. The van der Waals surface area contributed by atoms with Crippen molar-refractivity contribution >= 4 is 42.1 Å². The van der Waals surface area contributed by atoms with E-state index in [4.69, 9.17) is 5.73 Å². The van der Waals surface area contributed by atoms with E-state index in [1.807, 2.05) is 13.0 Å². The van der Waals surface area contributed by atoms with E-state index in [9.17, 15) is 9.18 Å². The van der Waals surface area contributed by atoms with Crippen molar-refractivity contribution in [2.45, 2.75) is 38.6 Å². The Hall–Kier alpha value is -1.04. The zero-order valence-corrected chi connectivity index (χ0v) is 14.3. The van der Waals surface area contributed by atoms with Crippen LogP contribution >= 0.6 is 24.8 Å². The third-order valence-corrected chi connectivity index (χ3v) is 3.53. The van der Waals surface area contributed by atoms with Gasteiger partial charge in [0.2, 0.25) is 5.91 Å². The van der Waals surface area contributed by atoms with Crippen LogP contribution in [0.25, 0.3) is 0 Å². The van der Waals surface area contributed by atoms with Gasteiger partial charge in [0.1, 0.15) is 11.5 Å². The number of amides is 1. The summed E-state index contributed by atoms with van der Waals surface area (Å²) in [6.07, 6.45) is 3.12. The molecule has 22 heavy (non-hydrogen) atoms. The van der Waals surface area contributed by atoms with E-state index < -0.39 is 0 Å². The first kappa shape index (κ1) is 21.0. The summed E-state index contributed by atoms with van der Waals surface area (Å²) in [7, 11) is 0. The highest BCUT2D eigenvalue weighted by molar-refractivity contribution is 5.94. The van der Waals surface area contributed by atoms with Crippen molar-refractivity contribution in [3.8, 4) is 0 Å². The Bertz CT molecular complexity index is 480. The highest BCUT2D eigenvalue weighted by atomic mass is 35.5. The van der Waals surface area contributed by atoms with Crippen LogP contribution in [0.1, 0.15) is 32.6 Å². The predicted molar refractivity (Wildman–Crippen MR) is 93.9 cm³/mol. The van der Waals surface area contributed by atoms with Crippen LogP contribution < -0.4 is 16.0 Å². The van der Waals surface area contributed by atoms with Crippen LogP contribution in [0, 0.1) is 5.82 Å². The molecule has 0 aromatic heterocycles. The third kappa shape index (κ3) is 5.63. The minimum Gasteiger partial charge on any atom is -0.370 e. The number of carbonyl (C=O) groups is 1. The van der Waals surface area contributed by atoms with E-state index in [1.165, 1.54) is 6.07 Å². The second-order valence-electron chi connectivity index (χ2n) is 5.39. The molecule has 126 valence electrons. The second-order valence-corrected chi connectivity index (χ2v) is 5.39. The minimum absolute atomic E-state index is 0. The van der Waals surface area contributed by atoms with E-state index in [1.54, 1.807) is 6.07 Å². The monoisotopic (exact) mass is 351 g/mol. The lowest BCUT2D eigenvalue weighted by Gasteiger charge is -2.22. The molecule has 1 fully saturated rings. The first-order valence-corrected chi connectivity index (χ1v) is 7.17. The molecule has 1 aliphatic rings. The van der Waals surface area contributed by atoms with Gasteiger partial charge >= 0.3 is 0 Å². The molecule has 0 radical (unpaired) electrons. The summed E-state index contributed by atoms with van der Waals surface area (Å²) in [5.74, 6) is -0.573. The lowest BCUT2D eigenvalue weighted by Crippen LogP contribution is -2.23. The molecule has 1 atom stereocenters. The van der Waals surface area contributed by atoms with Crippen molar-refractivity contribution in [1.29, 1.82) is 0 Å². The number of carbonyl (C=O) groups excluding carboxylic acids is 1. The number of hydrogen-bond acceptors (Lipinski definition) is 3. The van der Waals surface area contributed by atoms with E-state index >= 15 is 0 Å². The Morgan fingerprint density at radius 1 is 1.36 bits per heavy atom. The Labute approximate surface area is 143 Å². The summed E-state index contributed by atoms with van der Waals surface area (Å²) < 4.78 is 14.0. The van der Waals surface area contributed by atoms with Crippen LogP contribution in [0.3, 0.4) is 0 Å². The molecule has 1 saturated heterocycles. The number of hydrogen-bond donors (Lipinski definition) is 2. The van der Waals surface area contributed by atoms with Gasteiger partial charge in [-0.25, -0.2) is 4.39 Å². The first-order valence-electron chi connectivity index (χ1n) is 7.17. The van der Waals surface area contributed by atoms with Crippen molar-refractivity contribution in [1.82, 2.24) is 0 Å². The predicted octanol–water partition coefficient (Wildman–Crippen LogP) is 3.34. The number of nitrogens with two attached hydrogens (primary N) is 1. The van der Waals surface area contributed by atoms with Crippen LogP contribution in [-0.2, 0) is 4.79 Å².